The zero-order chi connectivity index (χ0) is 19.7. The van der Waals surface area contributed by atoms with Crippen molar-refractivity contribution < 1.29 is 24.2 Å². The van der Waals surface area contributed by atoms with E-state index < -0.39 is 17.2 Å². The Morgan fingerprint density at radius 1 is 1.22 bits per heavy atom. The van der Waals surface area contributed by atoms with Gasteiger partial charge in [0.05, 0.1) is 18.2 Å². The van der Waals surface area contributed by atoms with Crippen LogP contribution < -0.4 is 0 Å². The number of likely N-dealkylation sites (tertiary alicyclic amines) is 2. The van der Waals surface area contributed by atoms with Gasteiger partial charge in [0, 0.05) is 13.1 Å². The Balaban J connectivity index is 1.64. The first-order chi connectivity index (χ1) is 12.7. The fourth-order valence-corrected chi connectivity index (χ4v) is 3.76. The van der Waals surface area contributed by atoms with Gasteiger partial charge < -0.3 is 24.4 Å². The van der Waals surface area contributed by atoms with E-state index in [1.807, 2.05) is 51.1 Å². The molecule has 0 aromatic heterocycles. The third-order valence-electron chi connectivity index (χ3n) is 5.16. The second-order valence-electron chi connectivity index (χ2n) is 8.31. The standard InChI is InChI=1S/C20H28N2O5/c1-19(2,3)27-18(25)22-10-9-20(22)11-16(12-23)21(14-20)17(24)26-13-15-7-5-4-6-8-15/h4-8,16,23H,9-14H2,1-3H3. The molecular formula is C20H28N2O5. The molecule has 0 saturated carbocycles. The van der Waals surface area contributed by atoms with E-state index in [2.05, 4.69) is 0 Å². The smallest absolute Gasteiger partial charge is 0.410 e. The Morgan fingerprint density at radius 2 is 1.93 bits per heavy atom. The summed E-state index contributed by atoms with van der Waals surface area (Å²) in [5, 5.41) is 9.75. The Hall–Kier alpha value is -2.28. The third kappa shape index (κ3) is 4.18. The summed E-state index contributed by atoms with van der Waals surface area (Å²) >= 11 is 0. The van der Waals surface area contributed by atoms with Gasteiger partial charge in [-0.3, -0.25) is 0 Å². The van der Waals surface area contributed by atoms with Gasteiger partial charge in [0.15, 0.2) is 0 Å². The quantitative estimate of drug-likeness (QED) is 0.877. The van der Waals surface area contributed by atoms with E-state index >= 15 is 0 Å². The summed E-state index contributed by atoms with van der Waals surface area (Å²) in [6.45, 7) is 6.45. The molecule has 1 N–H and O–H groups in total. The Kier molecular flexibility index (Phi) is 5.33. The molecule has 2 unspecified atom stereocenters. The van der Waals surface area contributed by atoms with E-state index in [1.165, 1.54) is 0 Å². The molecule has 2 aliphatic heterocycles. The predicted molar refractivity (Wildman–Crippen MR) is 99.1 cm³/mol. The zero-order valence-corrected chi connectivity index (χ0v) is 16.2. The minimum absolute atomic E-state index is 0.162. The normalized spacial score (nSPS) is 24.7. The van der Waals surface area contributed by atoms with Crippen molar-refractivity contribution in [3.8, 4) is 0 Å². The highest BCUT2D eigenvalue weighted by atomic mass is 16.6. The van der Waals surface area contributed by atoms with Gasteiger partial charge in [-0.1, -0.05) is 30.3 Å². The number of carbonyl (C=O) groups excluding carboxylic acids is 2. The lowest BCUT2D eigenvalue weighted by atomic mass is 9.83. The summed E-state index contributed by atoms with van der Waals surface area (Å²) in [6, 6.07) is 9.09. The monoisotopic (exact) mass is 376 g/mol. The summed E-state index contributed by atoms with van der Waals surface area (Å²) in [7, 11) is 0. The summed E-state index contributed by atoms with van der Waals surface area (Å²) < 4.78 is 10.9. The van der Waals surface area contributed by atoms with Gasteiger partial charge in [0.2, 0.25) is 0 Å². The molecule has 0 bridgehead atoms. The average molecular weight is 376 g/mol. The Labute approximate surface area is 159 Å². The topological polar surface area (TPSA) is 79.3 Å². The third-order valence-corrected chi connectivity index (χ3v) is 5.16. The molecule has 2 heterocycles. The van der Waals surface area contributed by atoms with E-state index in [9.17, 15) is 14.7 Å². The SMILES string of the molecule is CC(C)(C)OC(=O)N1CCC12CC(CO)N(C(=O)OCc1ccccc1)C2. The van der Waals surface area contributed by atoms with Crippen LogP contribution >= 0.6 is 0 Å². The maximum absolute atomic E-state index is 12.6. The summed E-state index contributed by atoms with van der Waals surface area (Å²) in [6.07, 6.45) is 0.477. The van der Waals surface area contributed by atoms with E-state index in [-0.39, 0.29) is 25.3 Å². The predicted octanol–water partition coefficient (Wildman–Crippen LogP) is 2.77. The number of ether oxygens (including phenoxy) is 2. The first-order valence-electron chi connectivity index (χ1n) is 9.33. The average Bonchev–Trinajstić information content (AvgIpc) is 3.00. The van der Waals surface area contributed by atoms with Crippen molar-refractivity contribution in [3.63, 3.8) is 0 Å². The first-order valence-corrected chi connectivity index (χ1v) is 9.33. The number of benzene rings is 1. The Bertz CT molecular complexity index is 687. The maximum Gasteiger partial charge on any atom is 0.410 e. The maximum atomic E-state index is 12.6. The number of amides is 2. The number of hydrogen-bond donors (Lipinski definition) is 1. The van der Waals surface area contributed by atoms with Gasteiger partial charge in [-0.25, -0.2) is 9.59 Å². The van der Waals surface area contributed by atoms with Gasteiger partial charge in [0.25, 0.3) is 0 Å². The number of rotatable bonds is 3. The molecule has 2 fully saturated rings. The van der Waals surface area contributed by atoms with Crippen LogP contribution in [0.3, 0.4) is 0 Å². The van der Waals surface area contributed by atoms with Crippen molar-refractivity contribution in [2.45, 2.75) is 57.4 Å². The number of aliphatic hydroxyl groups is 1. The lowest BCUT2D eigenvalue weighted by molar-refractivity contribution is -0.0407. The molecule has 0 aliphatic carbocycles. The van der Waals surface area contributed by atoms with Crippen molar-refractivity contribution in [2.24, 2.45) is 0 Å². The molecular weight excluding hydrogens is 348 g/mol. The van der Waals surface area contributed by atoms with Gasteiger partial charge in [0.1, 0.15) is 12.2 Å². The van der Waals surface area contributed by atoms with Crippen LogP contribution in [-0.2, 0) is 16.1 Å². The molecule has 27 heavy (non-hydrogen) atoms. The molecule has 7 heteroatoms. The van der Waals surface area contributed by atoms with Crippen LogP contribution in [0.5, 0.6) is 0 Å². The van der Waals surface area contributed by atoms with Crippen LogP contribution in [0.25, 0.3) is 0 Å². The second kappa shape index (κ2) is 7.38. The molecule has 2 saturated heterocycles. The van der Waals surface area contributed by atoms with E-state index in [0.29, 0.717) is 19.5 Å². The molecule has 148 valence electrons. The van der Waals surface area contributed by atoms with Crippen LogP contribution in [0.15, 0.2) is 30.3 Å². The molecule has 2 amide bonds. The number of aliphatic hydroxyl groups excluding tert-OH is 1. The van der Waals surface area contributed by atoms with Crippen LogP contribution in [0.4, 0.5) is 9.59 Å². The van der Waals surface area contributed by atoms with Crippen LogP contribution in [0.1, 0.15) is 39.2 Å². The highest BCUT2D eigenvalue weighted by molar-refractivity contribution is 5.73. The lowest BCUT2D eigenvalue weighted by Gasteiger charge is -2.50. The van der Waals surface area contributed by atoms with E-state index in [4.69, 9.17) is 9.47 Å². The van der Waals surface area contributed by atoms with Gasteiger partial charge in [-0.15, -0.1) is 0 Å². The fourth-order valence-electron chi connectivity index (χ4n) is 3.76. The van der Waals surface area contributed by atoms with Crippen molar-refractivity contribution in [1.29, 1.82) is 0 Å². The summed E-state index contributed by atoms with van der Waals surface area (Å²) in [5.41, 5.74) is -0.141. The molecule has 0 radical (unpaired) electrons. The number of hydrogen-bond acceptors (Lipinski definition) is 5. The lowest BCUT2D eigenvalue weighted by Crippen LogP contribution is -2.64. The van der Waals surface area contributed by atoms with Crippen molar-refractivity contribution in [3.05, 3.63) is 35.9 Å². The molecule has 1 aromatic carbocycles. The van der Waals surface area contributed by atoms with Crippen LogP contribution in [0, 0.1) is 0 Å². The fraction of sp³-hybridized carbons (Fsp3) is 0.600. The zero-order valence-electron chi connectivity index (χ0n) is 16.2. The number of nitrogens with zero attached hydrogens (tertiary/aromatic N) is 2. The highest BCUT2D eigenvalue weighted by Gasteiger charge is 2.57. The van der Waals surface area contributed by atoms with Crippen molar-refractivity contribution >= 4 is 12.2 Å². The molecule has 7 nitrogen and oxygen atoms in total. The van der Waals surface area contributed by atoms with E-state index in [1.54, 1.807) is 9.80 Å². The first kappa shape index (κ1) is 19.5. The van der Waals surface area contributed by atoms with Crippen LogP contribution in [0.2, 0.25) is 0 Å². The van der Waals surface area contributed by atoms with Gasteiger partial charge in [-0.2, -0.15) is 0 Å². The minimum atomic E-state index is -0.572. The van der Waals surface area contributed by atoms with Crippen molar-refractivity contribution in [2.75, 3.05) is 19.7 Å². The highest BCUT2D eigenvalue weighted by Crippen LogP contribution is 2.43. The largest absolute Gasteiger partial charge is 0.445 e. The number of carbonyl (C=O) groups is 2. The second-order valence-corrected chi connectivity index (χ2v) is 8.31. The summed E-state index contributed by atoms with van der Waals surface area (Å²) in [5.74, 6) is 0. The van der Waals surface area contributed by atoms with Crippen molar-refractivity contribution in [1.82, 2.24) is 9.80 Å². The van der Waals surface area contributed by atoms with Gasteiger partial charge in [-0.05, 0) is 39.2 Å². The molecule has 3 rings (SSSR count). The van der Waals surface area contributed by atoms with Gasteiger partial charge >= 0.3 is 12.2 Å². The molecule has 1 spiro atoms. The molecule has 1 aromatic rings. The van der Waals surface area contributed by atoms with E-state index in [0.717, 1.165) is 12.0 Å². The molecule has 2 atom stereocenters. The summed E-state index contributed by atoms with van der Waals surface area (Å²) in [4.78, 5) is 28.3. The van der Waals surface area contributed by atoms with Crippen LogP contribution in [-0.4, -0.2) is 64.0 Å². The Morgan fingerprint density at radius 3 is 2.48 bits per heavy atom. The molecule has 2 aliphatic rings. The minimum Gasteiger partial charge on any atom is -0.445 e.